The molecule has 3 N–H and O–H groups in total. The molecule has 2 aromatic heterocycles. The number of nitrogens with two attached hydrogens (primary N) is 1. The van der Waals surface area contributed by atoms with Crippen LogP contribution in [0.25, 0.3) is 5.52 Å². The van der Waals surface area contributed by atoms with Crippen LogP contribution in [0.2, 0.25) is 0 Å². The van der Waals surface area contributed by atoms with Crippen molar-refractivity contribution < 1.29 is 9.90 Å². The van der Waals surface area contributed by atoms with E-state index in [-0.39, 0.29) is 5.69 Å². The van der Waals surface area contributed by atoms with Gasteiger partial charge in [0.05, 0.1) is 5.52 Å². The number of aromatic carboxylic acids is 1. The van der Waals surface area contributed by atoms with E-state index >= 15 is 0 Å². The molecular weight excluding hydrogens is 254 g/mol. The van der Waals surface area contributed by atoms with E-state index in [2.05, 4.69) is 4.98 Å². The zero-order chi connectivity index (χ0) is 14.1. The molecule has 0 amide bonds. The predicted octanol–water partition coefficient (Wildman–Crippen LogP) is 2.21. The molecule has 0 radical (unpaired) electrons. The Hall–Kier alpha value is -2.82. The topological polar surface area (TPSA) is 80.6 Å². The molecule has 0 bridgehead atoms. The van der Waals surface area contributed by atoms with E-state index in [1.54, 1.807) is 22.7 Å². The Morgan fingerprint density at radius 1 is 1.20 bits per heavy atom. The van der Waals surface area contributed by atoms with Gasteiger partial charge in [0, 0.05) is 18.3 Å². The molecular formula is C15H13N3O2. The molecule has 0 aliphatic rings. The first-order chi connectivity index (χ1) is 9.65. The molecule has 1 aromatic carbocycles. The number of aromatic nitrogens is 2. The fourth-order valence-electron chi connectivity index (χ4n) is 2.22. The highest BCUT2D eigenvalue weighted by atomic mass is 16.4. The van der Waals surface area contributed by atoms with Crippen LogP contribution < -0.4 is 5.73 Å². The van der Waals surface area contributed by atoms with Crippen molar-refractivity contribution in [1.82, 2.24) is 9.38 Å². The summed E-state index contributed by atoms with van der Waals surface area (Å²) in [7, 11) is 0. The second kappa shape index (κ2) is 4.70. The van der Waals surface area contributed by atoms with Crippen molar-refractivity contribution >= 4 is 17.2 Å². The van der Waals surface area contributed by atoms with Gasteiger partial charge in [-0.25, -0.2) is 9.78 Å². The van der Waals surface area contributed by atoms with Gasteiger partial charge >= 0.3 is 5.97 Å². The molecule has 0 saturated heterocycles. The van der Waals surface area contributed by atoms with Gasteiger partial charge in [-0.2, -0.15) is 0 Å². The van der Waals surface area contributed by atoms with Crippen LogP contribution in [-0.4, -0.2) is 20.5 Å². The molecule has 2 heterocycles. The normalized spacial score (nSPS) is 10.8. The summed E-state index contributed by atoms with van der Waals surface area (Å²) in [6, 6.07) is 13.1. The van der Waals surface area contributed by atoms with Gasteiger partial charge in [0.15, 0.2) is 5.69 Å². The third-order valence-corrected chi connectivity index (χ3v) is 3.14. The monoisotopic (exact) mass is 267 g/mol. The summed E-state index contributed by atoms with van der Waals surface area (Å²) in [6.07, 6.45) is 2.26. The lowest BCUT2D eigenvalue weighted by Crippen LogP contribution is -1.97. The van der Waals surface area contributed by atoms with E-state index in [9.17, 15) is 9.90 Å². The van der Waals surface area contributed by atoms with Crippen LogP contribution >= 0.6 is 0 Å². The summed E-state index contributed by atoms with van der Waals surface area (Å²) in [6.45, 7) is 0. The molecule has 5 nitrogen and oxygen atoms in total. The van der Waals surface area contributed by atoms with Crippen molar-refractivity contribution in [3.05, 3.63) is 65.7 Å². The highest BCUT2D eigenvalue weighted by molar-refractivity contribution is 5.93. The molecule has 0 aliphatic heterocycles. The number of rotatable bonds is 3. The maximum absolute atomic E-state index is 11.3. The average Bonchev–Trinajstić information content (AvgIpc) is 2.78. The molecule has 0 saturated carbocycles. The SMILES string of the molecule is Nc1ccc2c(C(=O)O)nc(Cc3ccccc3)n2c1. The summed E-state index contributed by atoms with van der Waals surface area (Å²) in [5.74, 6) is -0.373. The van der Waals surface area contributed by atoms with E-state index in [1.165, 1.54) is 0 Å². The number of pyridine rings is 1. The van der Waals surface area contributed by atoms with Crippen LogP contribution in [0.4, 0.5) is 5.69 Å². The van der Waals surface area contributed by atoms with Crippen LogP contribution in [0, 0.1) is 0 Å². The summed E-state index contributed by atoms with van der Waals surface area (Å²) in [5, 5.41) is 9.22. The Kier molecular flexibility index (Phi) is 2.87. The average molecular weight is 267 g/mol. The van der Waals surface area contributed by atoms with Gasteiger partial charge in [0.1, 0.15) is 5.82 Å². The van der Waals surface area contributed by atoms with Crippen molar-refractivity contribution in [1.29, 1.82) is 0 Å². The van der Waals surface area contributed by atoms with Crippen molar-refractivity contribution in [2.75, 3.05) is 5.73 Å². The first kappa shape index (κ1) is 12.2. The van der Waals surface area contributed by atoms with Gasteiger partial charge in [0.2, 0.25) is 0 Å². The number of nitrogen functional groups attached to an aromatic ring is 1. The number of carboxylic acids is 1. The van der Waals surface area contributed by atoms with Gasteiger partial charge in [0.25, 0.3) is 0 Å². The molecule has 0 fully saturated rings. The van der Waals surface area contributed by atoms with Crippen LogP contribution in [0.3, 0.4) is 0 Å². The first-order valence-electron chi connectivity index (χ1n) is 6.19. The van der Waals surface area contributed by atoms with E-state index in [0.29, 0.717) is 23.4 Å². The Labute approximate surface area is 115 Å². The minimum atomic E-state index is -1.04. The number of benzene rings is 1. The fourth-order valence-corrected chi connectivity index (χ4v) is 2.22. The molecule has 100 valence electrons. The molecule has 0 spiro atoms. The number of fused-ring (bicyclic) bond motifs is 1. The zero-order valence-electron chi connectivity index (χ0n) is 10.7. The van der Waals surface area contributed by atoms with Gasteiger partial charge in [-0.15, -0.1) is 0 Å². The number of carboxylic acid groups (broad SMARTS) is 1. The summed E-state index contributed by atoms with van der Waals surface area (Å²) in [4.78, 5) is 15.5. The lowest BCUT2D eigenvalue weighted by atomic mass is 10.1. The Morgan fingerprint density at radius 3 is 2.65 bits per heavy atom. The van der Waals surface area contributed by atoms with Crippen LogP contribution in [-0.2, 0) is 6.42 Å². The number of anilines is 1. The van der Waals surface area contributed by atoms with E-state index in [4.69, 9.17) is 5.73 Å². The predicted molar refractivity (Wildman–Crippen MR) is 75.8 cm³/mol. The highest BCUT2D eigenvalue weighted by Gasteiger charge is 2.16. The standard InChI is InChI=1S/C15H13N3O2/c16-11-6-7-12-14(15(19)20)17-13(18(12)9-11)8-10-4-2-1-3-5-10/h1-7,9H,8,16H2,(H,19,20). The summed E-state index contributed by atoms with van der Waals surface area (Å²) < 4.78 is 1.74. The smallest absolute Gasteiger partial charge is 0.356 e. The fraction of sp³-hybridized carbons (Fsp3) is 0.0667. The first-order valence-corrected chi connectivity index (χ1v) is 6.19. The van der Waals surface area contributed by atoms with Crippen molar-refractivity contribution in [3.8, 4) is 0 Å². The molecule has 0 atom stereocenters. The largest absolute Gasteiger partial charge is 0.476 e. The summed E-state index contributed by atoms with van der Waals surface area (Å²) >= 11 is 0. The summed E-state index contributed by atoms with van der Waals surface area (Å²) in [5.41, 5.74) is 8.02. The molecule has 0 aliphatic carbocycles. The molecule has 0 unspecified atom stereocenters. The minimum Gasteiger partial charge on any atom is -0.476 e. The zero-order valence-corrected chi connectivity index (χ0v) is 10.7. The van der Waals surface area contributed by atoms with E-state index < -0.39 is 5.97 Å². The second-order valence-electron chi connectivity index (χ2n) is 4.56. The molecule has 5 heteroatoms. The number of hydrogen-bond donors (Lipinski definition) is 2. The maximum atomic E-state index is 11.3. The lowest BCUT2D eigenvalue weighted by Gasteiger charge is -2.02. The Bertz CT molecular complexity index is 778. The Morgan fingerprint density at radius 2 is 1.95 bits per heavy atom. The van der Waals surface area contributed by atoms with E-state index in [1.807, 2.05) is 30.3 Å². The Balaban J connectivity index is 2.15. The van der Waals surface area contributed by atoms with Crippen molar-refractivity contribution in [2.24, 2.45) is 0 Å². The number of carbonyl (C=O) groups is 1. The van der Waals surface area contributed by atoms with Crippen LogP contribution in [0.1, 0.15) is 21.9 Å². The van der Waals surface area contributed by atoms with Crippen molar-refractivity contribution in [3.63, 3.8) is 0 Å². The number of hydrogen-bond acceptors (Lipinski definition) is 3. The van der Waals surface area contributed by atoms with Gasteiger partial charge in [-0.1, -0.05) is 30.3 Å². The minimum absolute atomic E-state index is 0.0518. The maximum Gasteiger partial charge on any atom is 0.356 e. The number of nitrogens with zero attached hydrogens (tertiary/aromatic N) is 2. The van der Waals surface area contributed by atoms with Gasteiger partial charge in [-0.3, -0.25) is 0 Å². The highest BCUT2D eigenvalue weighted by Crippen LogP contribution is 2.18. The lowest BCUT2D eigenvalue weighted by molar-refractivity contribution is 0.0693. The van der Waals surface area contributed by atoms with Gasteiger partial charge < -0.3 is 15.2 Å². The third kappa shape index (κ3) is 2.09. The van der Waals surface area contributed by atoms with Crippen LogP contribution in [0.15, 0.2) is 48.7 Å². The third-order valence-electron chi connectivity index (χ3n) is 3.14. The number of imidazole rings is 1. The van der Waals surface area contributed by atoms with E-state index in [0.717, 1.165) is 5.56 Å². The molecule has 3 aromatic rings. The van der Waals surface area contributed by atoms with Crippen molar-refractivity contribution in [2.45, 2.75) is 6.42 Å². The quantitative estimate of drug-likeness (QED) is 0.762. The van der Waals surface area contributed by atoms with Gasteiger partial charge in [-0.05, 0) is 17.7 Å². The molecule has 3 rings (SSSR count). The van der Waals surface area contributed by atoms with Crippen LogP contribution in [0.5, 0.6) is 0 Å². The molecule has 20 heavy (non-hydrogen) atoms. The second-order valence-corrected chi connectivity index (χ2v) is 4.56.